The summed E-state index contributed by atoms with van der Waals surface area (Å²) in [6.45, 7) is 10.5. The fourth-order valence-electron chi connectivity index (χ4n) is 5.43. The van der Waals surface area contributed by atoms with Crippen molar-refractivity contribution in [1.29, 1.82) is 0 Å². The van der Waals surface area contributed by atoms with E-state index in [1.54, 1.807) is 22.5 Å². The average molecular weight is 464 g/mol. The maximum absolute atomic E-state index is 13.6. The third-order valence-electron chi connectivity index (χ3n) is 6.99. The van der Waals surface area contributed by atoms with E-state index < -0.39 is 10.0 Å². The molecule has 3 unspecified atom stereocenters. The van der Waals surface area contributed by atoms with Crippen molar-refractivity contribution in [3.63, 3.8) is 0 Å². The summed E-state index contributed by atoms with van der Waals surface area (Å²) in [5.41, 5.74) is 1.34. The summed E-state index contributed by atoms with van der Waals surface area (Å²) in [4.78, 5) is 18.2. The lowest BCUT2D eigenvalue weighted by Gasteiger charge is -2.38. The highest BCUT2D eigenvalue weighted by Crippen LogP contribution is 2.27. The van der Waals surface area contributed by atoms with Crippen LogP contribution in [0, 0.1) is 6.92 Å². The third-order valence-corrected chi connectivity index (χ3v) is 8.89. The van der Waals surface area contributed by atoms with E-state index in [9.17, 15) is 13.2 Å². The molecule has 4 rings (SSSR count). The summed E-state index contributed by atoms with van der Waals surface area (Å²) in [5.74, 6) is -0.0462. The molecule has 3 saturated heterocycles. The number of rotatable bonds is 5. The van der Waals surface area contributed by atoms with Crippen molar-refractivity contribution >= 4 is 15.9 Å². The molecule has 0 aliphatic carbocycles. The van der Waals surface area contributed by atoms with Crippen LogP contribution in [0.2, 0.25) is 0 Å². The number of carbonyl (C=O) groups excluding carboxylic acids is 1. The quantitative estimate of drug-likeness (QED) is 0.672. The first-order valence-corrected chi connectivity index (χ1v) is 13.5. The normalized spacial score (nSPS) is 28.2. The molecule has 3 fully saturated rings. The topological polar surface area (TPSA) is 70.2 Å². The van der Waals surface area contributed by atoms with Gasteiger partial charge in [-0.25, -0.2) is 8.42 Å². The van der Waals surface area contributed by atoms with Crippen molar-refractivity contribution in [2.75, 3.05) is 39.3 Å². The lowest BCUT2D eigenvalue weighted by atomic mass is 10.1. The van der Waals surface area contributed by atoms with Gasteiger partial charge in [0.05, 0.1) is 17.1 Å². The third kappa shape index (κ3) is 5.03. The van der Waals surface area contributed by atoms with Crippen LogP contribution in [-0.2, 0) is 14.8 Å². The first kappa shape index (κ1) is 23.7. The Kier molecular flexibility index (Phi) is 7.24. The molecule has 1 aromatic rings. The Hall–Kier alpha value is -1.48. The number of likely N-dealkylation sites (tertiary alicyclic amines) is 1. The highest BCUT2D eigenvalue weighted by Gasteiger charge is 2.34. The number of morpholine rings is 1. The van der Waals surface area contributed by atoms with Crippen LogP contribution in [0.25, 0.3) is 0 Å². The minimum atomic E-state index is -3.57. The Balaban J connectivity index is 1.52. The summed E-state index contributed by atoms with van der Waals surface area (Å²) in [5, 5.41) is 0. The van der Waals surface area contributed by atoms with Gasteiger partial charge in [-0.3, -0.25) is 9.69 Å². The molecular weight excluding hydrogens is 426 g/mol. The maximum Gasteiger partial charge on any atom is 0.254 e. The molecule has 7 nitrogen and oxygen atoms in total. The summed E-state index contributed by atoms with van der Waals surface area (Å²) in [7, 11) is -3.57. The lowest BCUT2D eigenvalue weighted by Crippen LogP contribution is -2.51. The van der Waals surface area contributed by atoms with Gasteiger partial charge in [0, 0.05) is 50.9 Å². The number of aryl methyl sites for hydroxylation is 1. The molecule has 3 aliphatic heterocycles. The minimum Gasteiger partial charge on any atom is -0.373 e. The van der Waals surface area contributed by atoms with Crippen molar-refractivity contribution in [3.8, 4) is 0 Å². The van der Waals surface area contributed by atoms with Crippen LogP contribution < -0.4 is 0 Å². The van der Waals surface area contributed by atoms with Gasteiger partial charge in [-0.15, -0.1) is 0 Å². The van der Waals surface area contributed by atoms with Gasteiger partial charge in [-0.05, 0) is 64.2 Å². The number of amides is 1. The molecule has 0 aromatic heterocycles. The zero-order chi connectivity index (χ0) is 22.9. The predicted octanol–water partition coefficient (Wildman–Crippen LogP) is 2.88. The van der Waals surface area contributed by atoms with Crippen LogP contribution in [0.15, 0.2) is 23.1 Å². The fraction of sp³-hybridized carbons (Fsp3) is 0.708. The molecule has 0 N–H and O–H groups in total. The molecule has 3 heterocycles. The van der Waals surface area contributed by atoms with Gasteiger partial charge in [-0.1, -0.05) is 12.5 Å². The number of benzene rings is 1. The van der Waals surface area contributed by atoms with E-state index in [4.69, 9.17) is 4.74 Å². The van der Waals surface area contributed by atoms with Gasteiger partial charge in [0.1, 0.15) is 0 Å². The molecule has 32 heavy (non-hydrogen) atoms. The summed E-state index contributed by atoms with van der Waals surface area (Å²) >= 11 is 0. The van der Waals surface area contributed by atoms with Gasteiger partial charge in [0.2, 0.25) is 10.0 Å². The Bertz CT molecular complexity index is 919. The summed E-state index contributed by atoms with van der Waals surface area (Å²) in [6, 6.07) is 5.19. The Morgan fingerprint density at radius 3 is 2.41 bits per heavy atom. The molecule has 0 spiro atoms. The first-order valence-electron chi connectivity index (χ1n) is 12.1. The van der Waals surface area contributed by atoms with E-state index in [2.05, 4.69) is 18.7 Å². The first-order chi connectivity index (χ1) is 15.3. The average Bonchev–Trinajstić information content (AvgIpc) is 3.21. The maximum atomic E-state index is 13.6. The second-order valence-electron chi connectivity index (χ2n) is 9.71. The highest BCUT2D eigenvalue weighted by atomic mass is 32.2. The van der Waals surface area contributed by atoms with Crippen molar-refractivity contribution in [2.45, 2.75) is 76.0 Å². The monoisotopic (exact) mass is 463 g/mol. The predicted molar refractivity (Wildman–Crippen MR) is 124 cm³/mol. The van der Waals surface area contributed by atoms with E-state index in [1.807, 2.05) is 11.8 Å². The molecule has 3 aliphatic rings. The number of carbonyl (C=O) groups is 1. The van der Waals surface area contributed by atoms with Gasteiger partial charge in [-0.2, -0.15) is 4.31 Å². The summed E-state index contributed by atoms with van der Waals surface area (Å²) < 4.78 is 33.7. The van der Waals surface area contributed by atoms with E-state index in [-0.39, 0.29) is 29.1 Å². The van der Waals surface area contributed by atoms with E-state index >= 15 is 0 Å². The van der Waals surface area contributed by atoms with Gasteiger partial charge >= 0.3 is 0 Å². The Morgan fingerprint density at radius 2 is 1.72 bits per heavy atom. The molecule has 0 saturated carbocycles. The molecule has 1 aromatic carbocycles. The second-order valence-corrected chi connectivity index (χ2v) is 11.6. The zero-order valence-corrected chi connectivity index (χ0v) is 20.4. The van der Waals surface area contributed by atoms with Crippen LogP contribution in [0.5, 0.6) is 0 Å². The Morgan fingerprint density at radius 1 is 1.03 bits per heavy atom. The molecule has 1 amide bonds. The number of piperidine rings is 1. The van der Waals surface area contributed by atoms with Crippen molar-refractivity contribution in [2.24, 2.45) is 0 Å². The van der Waals surface area contributed by atoms with E-state index in [1.165, 1.54) is 0 Å². The number of sulfonamides is 1. The lowest BCUT2D eigenvalue weighted by molar-refractivity contribution is -0.0715. The Labute approximate surface area is 192 Å². The second kappa shape index (κ2) is 9.79. The van der Waals surface area contributed by atoms with Crippen molar-refractivity contribution in [1.82, 2.24) is 14.1 Å². The highest BCUT2D eigenvalue weighted by molar-refractivity contribution is 7.89. The van der Waals surface area contributed by atoms with Crippen LogP contribution in [0.4, 0.5) is 0 Å². The molecule has 3 atom stereocenters. The molecular formula is C24H37N3O4S. The fourth-order valence-corrected chi connectivity index (χ4v) is 6.97. The smallest absolute Gasteiger partial charge is 0.254 e. The van der Waals surface area contributed by atoms with Gasteiger partial charge in [0.25, 0.3) is 5.91 Å². The number of nitrogens with zero attached hydrogens (tertiary/aromatic N) is 3. The molecule has 8 heteroatoms. The van der Waals surface area contributed by atoms with E-state index in [0.717, 1.165) is 63.8 Å². The van der Waals surface area contributed by atoms with Crippen LogP contribution in [-0.4, -0.2) is 85.9 Å². The number of hydrogen-bond acceptors (Lipinski definition) is 5. The van der Waals surface area contributed by atoms with Crippen LogP contribution >= 0.6 is 0 Å². The largest absolute Gasteiger partial charge is 0.373 e. The molecule has 178 valence electrons. The molecule has 0 radical (unpaired) electrons. The summed E-state index contributed by atoms with van der Waals surface area (Å²) in [6.07, 6.45) is 5.22. The van der Waals surface area contributed by atoms with Gasteiger partial charge in [0.15, 0.2) is 0 Å². The van der Waals surface area contributed by atoms with E-state index in [0.29, 0.717) is 18.7 Å². The van der Waals surface area contributed by atoms with Crippen LogP contribution in [0.1, 0.15) is 61.9 Å². The van der Waals surface area contributed by atoms with Crippen LogP contribution in [0.3, 0.4) is 0 Å². The SMILES string of the molecule is Cc1ccc(S(=O)(=O)N2CCCCC2)cc1C(=O)N1CCCC1CN1CC(C)OC(C)C1. The number of ether oxygens (including phenoxy) is 1. The zero-order valence-electron chi connectivity index (χ0n) is 19.6. The number of hydrogen-bond donors (Lipinski definition) is 0. The molecule has 0 bridgehead atoms. The van der Waals surface area contributed by atoms with Crippen molar-refractivity contribution in [3.05, 3.63) is 29.3 Å². The standard InChI is InChI=1S/C24H37N3O4S/c1-18-9-10-22(32(29,30)26-11-5-4-6-12-26)14-23(18)24(28)27-13-7-8-21(27)17-25-15-19(2)31-20(3)16-25/h9-10,14,19-21H,4-8,11-13,15-17H2,1-3H3. The van der Waals surface area contributed by atoms with Crippen molar-refractivity contribution < 1.29 is 17.9 Å². The minimum absolute atomic E-state index is 0.0462. The van der Waals surface area contributed by atoms with Gasteiger partial charge < -0.3 is 9.64 Å².